The topological polar surface area (TPSA) is 54.4 Å². The molecule has 0 aromatic carbocycles. The monoisotopic (exact) mass is 339 g/mol. The highest BCUT2D eigenvalue weighted by atomic mass is 16.5. The molecular weight excluding hydrogens is 314 g/mol. The van der Waals surface area contributed by atoms with Gasteiger partial charge in [0.15, 0.2) is 5.82 Å². The summed E-state index contributed by atoms with van der Waals surface area (Å²) < 4.78 is 6.21. The lowest BCUT2D eigenvalue weighted by Gasteiger charge is -2.38. The van der Waals surface area contributed by atoms with Gasteiger partial charge in [0.25, 0.3) is 0 Å². The van der Waals surface area contributed by atoms with Crippen LogP contribution in [-0.4, -0.2) is 59.0 Å². The maximum atomic E-state index is 6.21. The van der Waals surface area contributed by atoms with E-state index < -0.39 is 0 Å². The van der Waals surface area contributed by atoms with Crippen molar-refractivity contribution in [1.82, 2.24) is 20.1 Å². The Hall–Kier alpha value is -2.05. The number of anilines is 1. The number of aryl methyl sites for hydroxylation is 1. The number of nitrogens with zero attached hydrogens (tertiary/aromatic N) is 5. The van der Waals surface area contributed by atoms with Crippen LogP contribution in [0.25, 0.3) is 0 Å². The fourth-order valence-corrected chi connectivity index (χ4v) is 3.78. The van der Waals surface area contributed by atoms with Gasteiger partial charge in [0.2, 0.25) is 0 Å². The normalized spacial score (nSPS) is 24.6. The first-order valence-corrected chi connectivity index (χ1v) is 9.06. The molecule has 0 aliphatic carbocycles. The molecule has 2 aromatic heterocycles. The van der Waals surface area contributed by atoms with Gasteiger partial charge in [-0.1, -0.05) is 0 Å². The number of ether oxygens (including phenoxy) is 1. The summed E-state index contributed by atoms with van der Waals surface area (Å²) in [5.41, 5.74) is 2.27. The van der Waals surface area contributed by atoms with E-state index in [1.165, 1.54) is 5.56 Å². The highest BCUT2D eigenvalue weighted by molar-refractivity contribution is 5.38. The Morgan fingerprint density at radius 2 is 1.96 bits per heavy atom. The molecule has 4 heterocycles. The molecule has 4 rings (SSSR count). The van der Waals surface area contributed by atoms with E-state index >= 15 is 0 Å². The quantitative estimate of drug-likeness (QED) is 0.851. The summed E-state index contributed by atoms with van der Waals surface area (Å²) in [4.78, 5) is 8.93. The highest BCUT2D eigenvalue weighted by Crippen LogP contribution is 2.27. The molecule has 0 saturated carbocycles. The zero-order chi connectivity index (χ0) is 17.1. The van der Waals surface area contributed by atoms with Gasteiger partial charge in [-0.25, -0.2) is 0 Å². The molecule has 0 bridgehead atoms. The summed E-state index contributed by atoms with van der Waals surface area (Å²) in [5, 5.41) is 8.53. The van der Waals surface area contributed by atoms with Crippen molar-refractivity contribution in [3.63, 3.8) is 0 Å². The van der Waals surface area contributed by atoms with Crippen molar-refractivity contribution >= 4 is 5.82 Å². The predicted molar refractivity (Wildman–Crippen MR) is 96.3 cm³/mol. The fraction of sp³-hybridized carbons (Fsp3) is 0.526. The van der Waals surface area contributed by atoms with Crippen LogP contribution in [0, 0.1) is 12.8 Å². The minimum absolute atomic E-state index is 0.277. The van der Waals surface area contributed by atoms with Crippen molar-refractivity contribution < 1.29 is 4.74 Å². The van der Waals surface area contributed by atoms with Crippen LogP contribution < -0.4 is 4.90 Å². The maximum absolute atomic E-state index is 6.21. The van der Waals surface area contributed by atoms with Crippen LogP contribution in [0.2, 0.25) is 0 Å². The van der Waals surface area contributed by atoms with Crippen molar-refractivity contribution in [2.45, 2.75) is 26.0 Å². The molecule has 2 aliphatic heterocycles. The largest absolute Gasteiger partial charge is 0.375 e. The van der Waals surface area contributed by atoms with Crippen molar-refractivity contribution in [3.05, 3.63) is 47.9 Å². The fourth-order valence-electron chi connectivity index (χ4n) is 3.78. The molecule has 0 spiro atoms. The average Bonchev–Trinajstić information content (AvgIpc) is 2.84. The van der Waals surface area contributed by atoms with E-state index in [9.17, 15) is 0 Å². The number of rotatable bonds is 3. The molecule has 2 aromatic rings. The summed E-state index contributed by atoms with van der Waals surface area (Å²) in [6, 6.07) is 8.29. The second-order valence-corrected chi connectivity index (χ2v) is 7.03. The van der Waals surface area contributed by atoms with Crippen molar-refractivity contribution in [1.29, 1.82) is 0 Å². The van der Waals surface area contributed by atoms with Gasteiger partial charge in [0.1, 0.15) is 0 Å². The smallest absolute Gasteiger partial charge is 0.151 e. The van der Waals surface area contributed by atoms with E-state index in [0.717, 1.165) is 57.3 Å². The Morgan fingerprint density at radius 1 is 1.08 bits per heavy atom. The second-order valence-electron chi connectivity index (χ2n) is 7.03. The van der Waals surface area contributed by atoms with E-state index in [0.29, 0.717) is 5.92 Å². The molecule has 0 amide bonds. The van der Waals surface area contributed by atoms with Gasteiger partial charge in [-0.15, -0.1) is 5.10 Å². The standard InChI is InChI=1S/C19H25N5O/c1-15-2-3-19(22-21-15)24-9-6-17-13-23(10-11-25-18(17)14-24)12-16-4-7-20-8-5-16/h2-5,7-8,17-18H,6,9-14H2,1H3/t17-,18-/m1/s1. The Morgan fingerprint density at radius 3 is 2.76 bits per heavy atom. The lowest BCUT2D eigenvalue weighted by Crippen LogP contribution is -2.47. The van der Waals surface area contributed by atoms with Crippen molar-refractivity contribution in [2.24, 2.45) is 5.92 Å². The number of hydrogen-bond acceptors (Lipinski definition) is 6. The van der Waals surface area contributed by atoms with E-state index in [1.54, 1.807) is 0 Å². The van der Waals surface area contributed by atoms with Crippen molar-refractivity contribution in [2.75, 3.05) is 37.7 Å². The molecule has 0 N–H and O–H groups in total. The SMILES string of the molecule is Cc1ccc(N2CC[C@@H]3CN(Cc4ccncc4)CCO[C@@H]3C2)nn1. The predicted octanol–water partition coefficient (Wildman–Crippen LogP) is 1.91. The molecule has 2 fully saturated rings. The number of fused-ring (bicyclic) bond motifs is 1. The van der Waals surface area contributed by atoms with Crippen molar-refractivity contribution in [3.8, 4) is 0 Å². The van der Waals surface area contributed by atoms with Gasteiger partial charge in [-0.2, -0.15) is 5.10 Å². The van der Waals surface area contributed by atoms with Crippen LogP contribution in [0.1, 0.15) is 17.7 Å². The Kier molecular flexibility index (Phi) is 4.90. The summed E-state index contributed by atoms with van der Waals surface area (Å²) in [7, 11) is 0. The third-order valence-corrected chi connectivity index (χ3v) is 5.19. The lowest BCUT2D eigenvalue weighted by atomic mass is 9.93. The molecular formula is C19H25N5O. The molecule has 132 valence electrons. The molecule has 25 heavy (non-hydrogen) atoms. The molecule has 6 heteroatoms. The minimum Gasteiger partial charge on any atom is -0.375 e. The number of piperidine rings is 1. The van der Waals surface area contributed by atoms with Gasteiger partial charge in [-0.3, -0.25) is 9.88 Å². The summed E-state index contributed by atoms with van der Waals surface area (Å²) >= 11 is 0. The van der Waals surface area contributed by atoms with Crippen LogP contribution in [-0.2, 0) is 11.3 Å². The van der Waals surface area contributed by atoms with E-state index in [1.807, 2.05) is 25.4 Å². The number of pyridine rings is 1. The third-order valence-electron chi connectivity index (χ3n) is 5.19. The minimum atomic E-state index is 0.277. The van der Waals surface area contributed by atoms with Gasteiger partial charge in [-0.05, 0) is 43.2 Å². The number of hydrogen-bond donors (Lipinski definition) is 0. The molecule has 2 aliphatic rings. The van der Waals surface area contributed by atoms with E-state index in [-0.39, 0.29) is 6.10 Å². The average molecular weight is 339 g/mol. The van der Waals surface area contributed by atoms with Crippen LogP contribution in [0.3, 0.4) is 0 Å². The zero-order valence-corrected chi connectivity index (χ0v) is 14.7. The first-order chi connectivity index (χ1) is 12.3. The first-order valence-electron chi connectivity index (χ1n) is 9.06. The molecule has 0 radical (unpaired) electrons. The van der Waals surface area contributed by atoms with Crippen LogP contribution >= 0.6 is 0 Å². The molecule has 2 atom stereocenters. The zero-order valence-electron chi connectivity index (χ0n) is 14.7. The molecule has 0 unspecified atom stereocenters. The number of aromatic nitrogens is 3. The van der Waals surface area contributed by atoms with Crippen LogP contribution in [0.4, 0.5) is 5.82 Å². The van der Waals surface area contributed by atoms with Gasteiger partial charge in [0.05, 0.1) is 18.4 Å². The Labute approximate surface area is 148 Å². The third kappa shape index (κ3) is 3.96. The van der Waals surface area contributed by atoms with E-state index in [2.05, 4.69) is 43.2 Å². The van der Waals surface area contributed by atoms with Gasteiger partial charge < -0.3 is 9.64 Å². The molecule has 2 saturated heterocycles. The lowest BCUT2D eigenvalue weighted by molar-refractivity contribution is 0.0251. The van der Waals surface area contributed by atoms with Gasteiger partial charge in [0, 0.05) is 51.0 Å². The Balaban J connectivity index is 1.39. The first kappa shape index (κ1) is 16.4. The molecule has 6 nitrogen and oxygen atoms in total. The summed E-state index contributed by atoms with van der Waals surface area (Å²) in [6.45, 7) is 7.74. The van der Waals surface area contributed by atoms with Gasteiger partial charge >= 0.3 is 0 Å². The Bertz CT molecular complexity index is 678. The maximum Gasteiger partial charge on any atom is 0.151 e. The summed E-state index contributed by atoms with van der Waals surface area (Å²) in [6.07, 6.45) is 5.15. The highest BCUT2D eigenvalue weighted by Gasteiger charge is 2.33. The summed E-state index contributed by atoms with van der Waals surface area (Å²) in [5.74, 6) is 1.55. The second kappa shape index (κ2) is 7.45. The van der Waals surface area contributed by atoms with E-state index in [4.69, 9.17) is 4.74 Å². The van der Waals surface area contributed by atoms with Crippen LogP contribution in [0.5, 0.6) is 0 Å². The van der Waals surface area contributed by atoms with Crippen LogP contribution in [0.15, 0.2) is 36.7 Å².